The quantitative estimate of drug-likeness (QED) is 0.615. The number of nitrogens with one attached hydrogen (secondary N) is 2. The topological polar surface area (TPSA) is 78.6 Å². The zero-order valence-corrected chi connectivity index (χ0v) is 14.9. The van der Waals surface area contributed by atoms with Crippen molar-refractivity contribution in [2.75, 3.05) is 20.1 Å². The van der Waals surface area contributed by atoms with E-state index in [9.17, 15) is 0 Å². The second kappa shape index (κ2) is 8.62. The predicted octanol–water partition coefficient (Wildman–Crippen LogP) is 1.71. The third-order valence-electron chi connectivity index (χ3n) is 4.44. The normalized spacial score (nSPS) is 18.5. The number of aryl methyl sites for hydroxylation is 1. The van der Waals surface area contributed by atoms with E-state index < -0.39 is 0 Å². The number of likely N-dealkylation sites (tertiary alicyclic amines) is 1. The number of nitrogens with zero attached hydrogens (tertiary/aromatic N) is 4. The summed E-state index contributed by atoms with van der Waals surface area (Å²) < 4.78 is 4.97. The molecule has 3 rings (SSSR count). The fourth-order valence-electron chi connectivity index (χ4n) is 3.16. The standard InChI is InChI=1S/C18H26N6O/c1-14-22-17(23-25-14)12-21-18(19-2)20-11-16-9-6-10-24(16)13-15-7-4-3-5-8-15/h3-5,7-8,16H,6,9-13H2,1-2H3,(H2,19,20,21). The van der Waals surface area contributed by atoms with E-state index in [4.69, 9.17) is 4.52 Å². The predicted molar refractivity (Wildman–Crippen MR) is 97.1 cm³/mol. The van der Waals surface area contributed by atoms with E-state index in [1.807, 2.05) is 0 Å². The van der Waals surface area contributed by atoms with Crippen LogP contribution in [0, 0.1) is 6.92 Å². The van der Waals surface area contributed by atoms with Crippen molar-refractivity contribution < 1.29 is 4.52 Å². The van der Waals surface area contributed by atoms with Crippen molar-refractivity contribution in [3.05, 3.63) is 47.6 Å². The largest absolute Gasteiger partial charge is 0.355 e. The highest BCUT2D eigenvalue weighted by Crippen LogP contribution is 2.19. The van der Waals surface area contributed by atoms with Gasteiger partial charge in [0.1, 0.15) is 0 Å². The molecule has 2 N–H and O–H groups in total. The molecule has 2 heterocycles. The second-order valence-corrected chi connectivity index (χ2v) is 6.29. The zero-order valence-electron chi connectivity index (χ0n) is 14.9. The van der Waals surface area contributed by atoms with E-state index in [2.05, 4.69) is 61.0 Å². The molecule has 7 heteroatoms. The van der Waals surface area contributed by atoms with Crippen LogP contribution in [-0.4, -0.2) is 47.2 Å². The van der Waals surface area contributed by atoms with Crippen molar-refractivity contribution in [2.24, 2.45) is 4.99 Å². The Morgan fingerprint density at radius 3 is 2.88 bits per heavy atom. The lowest BCUT2D eigenvalue weighted by atomic mass is 10.2. The van der Waals surface area contributed by atoms with Crippen LogP contribution in [0.15, 0.2) is 39.8 Å². The number of hydrogen-bond acceptors (Lipinski definition) is 5. The maximum Gasteiger partial charge on any atom is 0.223 e. The highest BCUT2D eigenvalue weighted by atomic mass is 16.5. The van der Waals surface area contributed by atoms with Crippen molar-refractivity contribution in [3.8, 4) is 0 Å². The van der Waals surface area contributed by atoms with E-state index in [1.54, 1.807) is 14.0 Å². The number of rotatable bonds is 6. The molecule has 1 aromatic heterocycles. The molecular weight excluding hydrogens is 316 g/mol. The average molecular weight is 342 g/mol. The molecule has 1 fully saturated rings. The van der Waals surface area contributed by atoms with Crippen LogP contribution in [0.25, 0.3) is 0 Å². The van der Waals surface area contributed by atoms with Crippen LogP contribution in [0.4, 0.5) is 0 Å². The van der Waals surface area contributed by atoms with Crippen LogP contribution in [-0.2, 0) is 13.1 Å². The first-order chi connectivity index (χ1) is 12.2. The van der Waals surface area contributed by atoms with E-state index in [0.29, 0.717) is 24.3 Å². The molecule has 25 heavy (non-hydrogen) atoms. The lowest BCUT2D eigenvalue weighted by Crippen LogP contribution is -2.44. The van der Waals surface area contributed by atoms with Gasteiger partial charge in [-0.2, -0.15) is 4.98 Å². The molecule has 0 bridgehead atoms. The Kier molecular flexibility index (Phi) is 6.00. The molecule has 1 unspecified atom stereocenters. The first-order valence-electron chi connectivity index (χ1n) is 8.76. The summed E-state index contributed by atoms with van der Waals surface area (Å²) in [5.41, 5.74) is 1.37. The van der Waals surface area contributed by atoms with Crippen LogP contribution in [0.5, 0.6) is 0 Å². The van der Waals surface area contributed by atoms with Gasteiger partial charge in [0.25, 0.3) is 0 Å². The van der Waals surface area contributed by atoms with Crippen molar-refractivity contribution in [3.63, 3.8) is 0 Å². The molecule has 7 nitrogen and oxygen atoms in total. The molecular formula is C18H26N6O. The van der Waals surface area contributed by atoms with Gasteiger partial charge in [-0.1, -0.05) is 35.5 Å². The van der Waals surface area contributed by atoms with Crippen LogP contribution in [0.2, 0.25) is 0 Å². The molecule has 0 aliphatic carbocycles. The van der Waals surface area contributed by atoms with E-state index in [0.717, 1.165) is 25.6 Å². The molecule has 0 spiro atoms. The van der Waals surface area contributed by atoms with Crippen LogP contribution in [0.3, 0.4) is 0 Å². The Labute approximate surface area is 148 Å². The molecule has 1 aliphatic rings. The monoisotopic (exact) mass is 342 g/mol. The molecule has 1 aromatic carbocycles. The lowest BCUT2D eigenvalue weighted by molar-refractivity contribution is 0.245. The molecule has 0 radical (unpaired) electrons. The summed E-state index contributed by atoms with van der Waals surface area (Å²) >= 11 is 0. The summed E-state index contributed by atoms with van der Waals surface area (Å²) in [5.74, 6) is 1.96. The summed E-state index contributed by atoms with van der Waals surface area (Å²) in [4.78, 5) is 11.0. The van der Waals surface area contributed by atoms with Gasteiger partial charge in [-0.05, 0) is 24.9 Å². The third-order valence-corrected chi connectivity index (χ3v) is 4.44. The number of guanidine groups is 1. The van der Waals surface area contributed by atoms with Gasteiger partial charge in [0.05, 0.1) is 6.54 Å². The Balaban J connectivity index is 1.47. The fraction of sp³-hybridized carbons (Fsp3) is 0.500. The Hall–Kier alpha value is -2.41. The molecule has 1 saturated heterocycles. The van der Waals surface area contributed by atoms with Crippen molar-refractivity contribution in [1.82, 2.24) is 25.7 Å². The second-order valence-electron chi connectivity index (χ2n) is 6.29. The van der Waals surface area contributed by atoms with E-state index in [1.165, 1.54) is 18.4 Å². The minimum absolute atomic E-state index is 0.495. The summed E-state index contributed by atoms with van der Waals surface area (Å²) in [7, 11) is 1.77. The fourth-order valence-corrected chi connectivity index (χ4v) is 3.16. The number of benzene rings is 1. The van der Waals surface area contributed by atoms with Gasteiger partial charge in [-0.3, -0.25) is 9.89 Å². The zero-order chi connectivity index (χ0) is 17.5. The molecule has 1 atom stereocenters. The Morgan fingerprint density at radius 1 is 1.32 bits per heavy atom. The molecule has 2 aromatic rings. The first kappa shape index (κ1) is 17.4. The maximum atomic E-state index is 4.97. The van der Waals surface area contributed by atoms with Crippen molar-refractivity contribution in [2.45, 2.75) is 38.9 Å². The lowest BCUT2D eigenvalue weighted by Gasteiger charge is -2.25. The summed E-state index contributed by atoms with van der Waals surface area (Å²) in [5, 5.41) is 10.5. The summed E-state index contributed by atoms with van der Waals surface area (Å²) in [6.07, 6.45) is 2.45. The number of aromatic nitrogens is 2. The highest BCUT2D eigenvalue weighted by molar-refractivity contribution is 5.79. The summed E-state index contributed by atoms with van der Waals surface area (Å²) in [6.45, 7) is 5.30. The number of hydrogen-bond donors (Lipinski definition) is 2. The molecule has 134 valence electrons. The Bertz CT molecular complexity index is 684. The smallest absolute Gasteiger partial charge is 0.223 e. The van der Waals surface area contributed by atoms with Crippen molar-refractivity contribution >= 4 is 5.96 Å². The molecule has 0 amide bonds. The van der Waals surface area contributed by atoms with Gasteiger partial charge in [-0.25, -0.2) is 0 Å². The minimum Gasteiger partial charge on any atom is -0.355 e. The molecule has 0 saturated carbocycles. The van der Waals surface area contributed by atoms with Crippen LogP contribution >= 0.6 is 0 Å². The minimum atomic E-state index is 0.495. The number of aliphatic imine (C=N–C) groups is 1. The van der Waals surface area contributed by atoms with E-state index >= 15 is 0 Å². The van der Waals surface area contributed by atoms with Crippen molar-refractivity contribution in [1.29, 1.82) is 0 Å². The Morgan fingerprint density at radius 2 is 2.16 bits per heavy atom. The van der Waals surface area contributed by atoms with Crippen LogP contribution < -0.4 is 10.6 Å². The van der Waals surface area contributed by atoms with Crippen LogP contribution in [0.1, 0.15) is 30.1 Å². The average Bonchev–Trinajstić information content (AvgIpc) is 3.25. The maximum absolute atomic E-state index is 4.97. The van der Waals surface area contributed by atoms with Gasteiger partial charge in [-0.15, -0.1) is 0 Å². The highest BCUT2D eigenvalue weighted by Gasteiger charge is 2.24. The van der Waals surface area contributed by atoms with E-state index in [-0.39, 0.29) is 0 Å². The SMILES string of the molecule is CN=C(NCc1noc(C)n1)NCC1CCCN1Cc1ccccc1. The van der Waals surface area contributed by atoms with Gasteiger partial charge in [0, 0.05) is 33.1 Å². The van der Waals surface area contributed by atoms with Gasteiger partial charge < -0.3 is 15.2 Å². The first-order valence-corrected chi connectivity index (χ1v) is 8.76. The van der Waals surface area contributed by atoms with Gasteiger partial charge in [0.15, 0.2) is 11.8 Å². The van der Waals surface area contributed by atoms with Gasteiger partial charge in [0.2, 0.25) is 5.89 Å². The summed E-state index contributed by atoms with van der Waals surface area (Å²) in [6, 6.07) is 11.2. The molecule has 1 aliphatic heterocycles. The third kappa shape index (κ3) is 5.03. The van der Waals surface area contributed by atoms with Gasteiger partial charge >= 0.3 is 0 Å².